The van der Waals surface area contributed by atoms with Crippen LogP contribution in [-0.4, -0.2) is 199 Å². The number of hydrogen-bond donors (Lipinski definition) is 15. The van der Waals surface area contributed by atoms with Crippen molar-refractivity contribution in [1.29, 1.82) is 0 Å². The van der Waals surface area contributed by atoms with Gasteiger partial charge in [-0.15, -0.1) is 0 Å². The van der Waals surface area contributed by atoms with Crippen LogP contribution >= 0.6 is 0 Å². The number of nitrogens with zero attached hydrogens (tertiary/aromatic N) is 4. The highest BCUT2D eigenvalue weighted by Gasteiger charge is 2.42. The number of aromatic nitrogens is 2. The second-order valence-corrected chi connectivity index (χ2v) is 23.1. The largest absolute Gasteiger partial charge is 0.508 e. The van der Waals surface area contributed by atoms with Crippen LogP contribution in [-0.2, 0) is 76.8 Å². The quantitative estimate of drug-likeness (QED) is 0.0164. The molecule has 1 aromatic heterocycles. The van der Waals surface area contributed by atoms with E-state index in [1.165, 1.54) is 53.5 Å². The number of amides is 10. The van der Waals surface area contributed by atoms with Crippen molar-refractivity contribution < 1.29 is 72.9 Å². The van der Waals surface area contributed by atoms with Crippen molar-refractivity contribution in [2.24, 2.45) is 34.0 Å². The second kappa shape index (κ2) is 34.9. The first-order chi connectivity index (χ1) is 43.2. The highest BCUT2D eigenvalue weighted by molar-refractivity contribution is 5.99. The van der Waals surface area contributed by atoms with Crippen LogP contribution in [0.4, 0.5) is 0 Å². The lowest BCUT2D eigenvalue weighted by Gasteiger charge is -2.31. The molecule has 31 heteroatoms. The number of aromatic amines is 1. The molecular formula is C60H86N16O15. The van der Waals surface area contributed by atoms with Crippen LogP contribution in [0.15, 0.2) is 72.1 Å². The Labute approximate surface area is 526 Å². The van der Waals surface area contributed by atoms with E-state index in [0.717, 1.165) is 0 Å². The number of nitrogens with two attached hydrogens (primary N) is 3. The molecule has 2 aromatic carbocycles. The van der Waals surface area contributed by atoms with Gasteiger partial charge in [0.25, 0.3) is 0 Å². The van der Waals surface area contributed by atoms with Crippen LogP contribution in [0.25, 0.3) is 0 Å². The topological polar surface area (TPSA) is 487 Å². The summed E-state index contributed by atoms with van der Waals surface area (Å²) in [5.41, 5.74) is 18.3. The Hall–Kier alpha value is -9.68. The number of benzene rings is 2. The predicted molar refractivity (Wildman–Crippen MR) is 328 cm³/mol. The number of carboxylic acid groups (broad SMARTS) is 2. The molecule has 11 unspecified atom stereocenters. The van der Waals surface area contributed by atoms with Crippen molar-refractivity contribution >= 4 is 77.0 Å². The number of nitrogens with one attached hydrogen (secondary N) is 9. The van der Waals surface area contributed by atoms with E-state index in [9.17, 15) is 72.9 Å². The Morgan fingerprint density at radius 1 is 0.648 bits per heavy atom. The van der Waals surface area contributed by atoms with E-state index in [0.29, 0.717) is 36.1 Å². The number of carboxylic acids is 2. The van der Waals surface area contributed by atoms with Crippen molar-refractivity contribution in [3.05, 3.63) is 83.9 Å². The van der Waals surface area contributed by atoms with Crippen LogP contribution < -0.4 is 59.7 Å². The summed E-state index contributed by atoms with van der Waals surface area (Å²) in [5, 5.41) is 50.5. The van der Waals surface area contributed by atoms with E-state index in [4.69, 9.17) is 17.2 Å². The Balaban J connectivity index is 1.35. The minimum absolute atomic E-state index is 0.0248. The zero-order valence-corrected chi connectivity index (χ0v) is 51.6. The minimum Gasteiger partial charge on any atom is -0.508 e. The van der Waals surface area contributed by atoms with Gasteiger partial charge in [0.15, 0.2) is 5.96 Å². The van der Waals surface area contributed by atoms with Gasteiger partial charge in [-0.1, -0.05) is 76.6 Å². The number of carbonyl (C=O) groups excluding carboxylic acids is 10. The molecule has 0 radical (unpaired) electrons. The summed E-state index contributed by atoms with van der Waals surface area (Å²) in [5.74, 6) is -12.8. The summed E-state index contributed by atoms with van der Waals surface area (Å²) in [6, 6.07) is 1.09. The van der Waals surface area contributed by atoms with Crippen molar-refractivity contribution in [2.45, 2.75) is 166 Å². The third kappa shape index (κ3) is 22.1. The lowest BCUT2D eigenvalue weighted by atomic mass is 9.96. The molecule has 5 rings (SSSR count). The first-order valence-corrected chi connectivity index (χ1v) is 30.2. The molecule has 3 aromatic rings. The molecule has 91 heavy (non-hydrogen) atoms. The fraction of sp³-hybridized carbons (Fsp3) is 0.533. The smallest absolute Gasteiger partial charge is 0.326 e. The average Bonchev–Trinajstić information content (AvgIpc) is 2.05. The van der Waals surface area contributed by atoms with Gasteiger partial charge in [-0.2, -0.15) is 0 Å². The fourth-order valence-electron chi connectivity index (χ4n) is 10.5. The molecule has 2 aliphatic rings. The molecule has 2 aliphatic heterocycles. The zero-order valence-electron chi connectivity index (χ0n) is 51.6. The number of aliphatic imine (C=N–C) groups is 1. The molecule has 0 bridgehead atoms. The lowest BCUT2D eigenvalue weighted by Crippen LogP contribution is -2.62. The summed E-state index contributed by atoms with van der Waals surface area (Å²) >= 11 is 0. The first kappa shape index (κ1) is 72.1. The van der Waals surface area contributed by atoms with Gasteiger partial charge in [0.2, 0.25) is 59.1 Å². The first-order valence-electron chi connectivity index (χ1n) is 30.2. The zero-order chi connectivity index (χ0) is 67.1. The minimum atomic E-state index is -1.81. The number of imidazole rings is 1. The number of likely N-dealkylation sites (tertiary alicyclic amines) is 2. The van der Waals surface area contributed by atoms with E-state index in [2.05, 4.69) is 57.5 Å². The van der Waals surface area contributed by atoms with Crippen LogP contribution in [0, 0.1) is 11.8 Å². The number of H-pyrrole nitrogens is 1. The van der Waals surface area contributed by atoms with Crippen molar-refractivity contribution in [1.82, 2.24) is 62.3 Å². The molecule has 496 valence electrons. The molecule has 31 nitrogen and oxygen atoms in total. The van der Waals surface area contributed by atoms with Gasteiger partial charge >= 0.3 is 11.9 Å². The Bertz CT molecular complexity index is 3050. The van der Waals surface area contributed by atoms with Gasteiger partial charge in [-0.05, 0) is 80.5 Å². The Kier molecular flexibility index (Phi) is 27.6. The SMILES string of the molecule is CCC(C)C(NC(=O)C(CCCN=C(N)N)NC(=O)C(CC(=O)O)NC(=O)CNC(=O)C1CCCN1C(=O)C(C)N)C(=O)NC(Cc1ccc(O)cc1)C(=O)NC(C(=O)NC(Cc1cnc[nH]1)C(=O)N1CCCC1C(=O)NC(Cc1ccccc1)C(=O)O)C(C)C. The van der Waals surface area contributed by atoms with E-state index < -0.39 is 156 Å². The van der Waals surface area contributed by atoms with Gasteiger partial charge in [-0.25, -0.2) is 9.78 Å². The van der Waals surface area contributed by atoms with Crippen molar-refractivity contribution in [3.63, 3.8) is 0 Å². The number of phenols is 1. The number of hydrogen-bond acceptors (Lipinski definition) is 16. The number of rotatable bonds is 34. The average molecular weight is 1270 g/mol. The molecule has 0 saturated carbocycles. The summed E-state index contributed by atoms with van der Waals surface area (Å²) < 4.78 is 0. The van der Waals surface area contributed by atoms with Gasteiger partial charge < -0.3 is 89.8 Å². The van der Waals surface area contributed by atoms with Crippen LogP contribution in [0.3, 0.4) is 0 Å². The molecular weight excluding hydrogens is 1180 g/mol. The van der Waals surface area contributed by atoms with Gasteiger partial charge in [-0.3, -0.25) is 57.7 Å². The molecule has 2 fully saturated rings. The van der Waals surface area contributed by atoms with Gasteiger partial charge in [0.05, 0.1) is 25.3 Å². The maximum Gasteiger partial charge on any atom is 0.326 e. The van der Waals surface area contributed by atoms with Gasteiger partial charge in [0.1, 0.15) is 60.1 Å². The second-order valence-electron chi connectivity index (χ2n) is 23.1. The van der Waals surface area contributed by atoms with Crippen LogP contribution in [0.2, 0.25) is 0 Å². The van der Waals surface area contributed by atoms with Gasteiger partial charge in [0, 0.05) is 50.8 Å². The normalized spacial score (nSPS) is 17.4. The maximum atomic E-state index is 14.7. The van der Waals surface area contributed by atoms with Crippen LogP contribution in [0.5, 0.6) is 5.75 Å². The number of guanidine groups is 1. The monoisotopic (exact) mass is 1270 g/mol. The summed E-state index contributed by atoms with van der Waals surface area (Å²) in [6.45, 7) is 7.64. The standard InChI is InChI=1S/C60H86N16O15/c1-6-33(4)49(74-50(81)39(15-10-22-65-60(62)63)69-51(82)41(28-47(79)80)68-46(78)30-66-53(84)44-16-11-23-75(44)57(88)34(5)61)56(87)70-40(25-36-18-20-38(77)21-19-36)52(83)73-48(32(2)3)55(86)71-42(27-37-29-64-31-67-37)58(89)76-24-12-17-45(76)54(85)72-43(59(90)91)26-35-13-8-7-9-14-35/h7-9,13-14,18-21,29,31-34,39-45,48-49,77H,6,10-12,15-17,22-28,30,61H2,1-5H3,(H,64,67)(H,66,84)(H,68,78)(H,69,82)(H,70,87)(H,71,86)(H,72,85)(H,73,83)(H,74,81)(H,79,80)(H,90,91)(H4,62,63,65). The van der Waals surface area contributed by atoms with E-state index in [1.807, 2.05) is 0 Å². The third-order valence-corrected chi connectivity index (χ3v) is 15.6. The molecule has 0 aliphatic carbocycles. The van der Waals surface area contributed by atoms with Crippen molar-refractivity contribution in [3.8, 4) is 5.75 Å². The molecule has 11 atom stereocenters. The molecule has 2 saturated heterocycles. The Morgan fingerprint density at radius 2 is 1.21 bits per heavy atom. The predicted octanol–water partition coefficient (Wildman–Crippen LogP) is -2.70. The molecule has 0 spiro atoms. The number of aromatic hydroxyl groups is 1. The third-order valence-electron chi connectivity index (χ3n) is 15.6. The molecule has 18 N–H and O–H groups in total. The number of aliphatic carboxylic acids is 2. The molecule has 3 heterocycles. The lowest BCUT2D eigenvalue weighted by molar-refractivity contribution is -0.145. The summed E-state index contributed by atoms with van der Waals surface area (Å²) in [7, 11) is 0. The molecule has 10 amide bonds. The van der Waals surface area contributed by atoms with Crippen molar-refractivity contribution in [2.75, 3.05) is 26.2 Å². The highest BCUT2D eigenvalue weighted by Crippen LogP contribution is 2.22. The Morgan fingerprint density at radius 3 is 1.79 bits per heavy atom. The van der Waals surface area contributed by atoms with E-state index >= 15 is 0 Å². The fourth-order valence-corrected chi connectivity index (χ4v) is 10.5. The van der Waals surface area contributed by atoms with Crippen LogP contribution in [0.1, 0.15) is 103 Å². The van der Waals surface area contributed by atoms with E-state index in [-0.39, 0.29) is 76.3 Å². The summed E-state index contributed by atoms with van der Waals surface area (Å²) in [6.07, 6.45) is 2.87. The number of carbonyl (C=O) groups is 12. The maximum absolute atomic E-state index is 14.7. The highest BCUT2D eigenvalue weighted by atomic mass is 16.4. The summed E-state index contributed by atoms with van der Waals surface area (Å²) in [4.78, 5) is 178. The number of phenolic OH excluding ortho intramolecular Hbond substituents is 1. The van der Waals surface area contributed by atoms with E-state index in [1.54, 1.807) is 58.0 Å².